The lowest BCUT2D eigenvalue weighted by Crippen LogP contribution is -2.53. The highest BCUT2D eigenvalue weighted by atomic mass is 32.2. The van der Waals surface area contributed by atoms with E-state index in [0.717, 1.165) is 43.7 Å². The summed E-state index contributed by atoms with van der Waals surface area (Å²) in [6.45, 7) is 1.98. The fourth-order valence-electron chi connectivity index (χ4n) is 5.46. The molecule has 0 spiro atoms. The molecule has 182 valence electrons. The average Bonchev–Trinajstić information content (AvgIpc) is 3.33. The second-order valence-electron chi connectivity index (χ2n) is 9.62. The summed E-state index contributed by atoms with van der Waals surface area (Å²) in [5, 5.41) is 4.37. The van der Waals surface area contributed by atoms with E-state index in [1.165, 1.54) is 11.8 Å². The van der Waals surface area contributed by atoms with Crippen molar-refractivity contribution in [3.05, 3.63) is 60.4 Å². The summed E-state index contributed by atoms with van der Waals surface area (Å²) in [5.41, 5.74) is 2.22. The van der Waals surface area contributed by atoms with Crippen LogP contribution in [0, 0.1) is 5.92 Å². The summed E-state index contributed by atoms with van der Waals surface area (Å²) < 4.78 is 35.2. The molecule has 1 aromatic carbocycles. The molecule has 1 saturated carbocycles. The van der Waals surface area contributed by atoms with E-state index in [2.05, 4.69) is 50.0 Å². The fraction of sp³-hybridized carbons (Fsp3) is 0.520. The molecular formula is C25H33N5O3S. The van der Waals surface area contributed by atoms with Gasteiger partial charge in [-0.15, -0.1) is 0 Å². The van der Waals surface area contributed by atoms with E-state index in [1.807, 2.05) is 22.7 Å². The highest BCUT2D eigenvalue weighted by Gasteiger charge is 2.33. The third kappa shape index (κ3) is 5.42. The predicted molar refractivity (Wildman–Crippen MR) is 132 cm³/mol. The molecule has 1 N–H and O–H groups in total. The van der Waals surface area contributed by atoms with Crippen LogP contribution in [0.5, 0.6) is 0 Å². The fourth-order valence-corrected chi connectivity index (χ4v) is 6.32. The Bertz CT molecular complexity index is 1190. The molecule has 34 heavy (non-hydrogen) atoms. The number of nitrogens with zero attached hydrogens (tertiary/aromatic N) is 4. The van der Waals surface area contributed by atoms with Crippen LogP contribution in [0.15, 0.2) is 54.9 Å². The zero-order chi connectivity index (χ0) is 23.5. The van der Waals surface area contributed by atoms with Crippen molar-refractivity contribution in [1.82, 2.24) is 19.3 Å². The van der Waals surface area contributed by atoms with Crippen molar-refractivity contribution in [2.75, 3.05) is 30.9 Å². The third-order valence-electron chi connectivity index (χ3n) is 7.20. The van der Waals surface area contributed by atoms with Crippen LogP contribution in [0.25, 0.3) is 5.65 Å². The molecule has 5 rings (SSSR count). The van der Waals surface area contributed by atoms with Gasteiger partial charge in [-0.3, -0.25) is 0 Å². The lowest BCUT2D eigenvalue weighted by molar-refractivity contribution is -0.00215. The number of fused-ring (bicyclic) bond motifs is 1. The molecule has 1 aliphatic heterocycles. The Morgan fingerprint density at radius 2 is 1.82 bits per heavy atom. The van der Waals surface area contributed by atoms with Crippen molar-refractivity contribution in [1.29, 1.82) is 0 Å². The standard InChI is InChI=1S/C25H33N5O3S/c1-34(31,32)28-23-14-15-29(25-9-5-8-24-26-18-27-30(24)25)16-21(23)17-33-22-12-10-20(11-13-22)19-6-3-2-4-7-19/h2-9,18,20-23,28H,10-17H2,1H3/t20?,21-,22?,23?/m0/s1. The summed E-state index contributed by atoms with van der Waals surface area (Å²) in [4.78, 5) is 6.56. The van der Waals surface area contributed by atoms with Crippen LogP contribution in [0.4, 0.5) is 5.82 Å². The minimum atomic E-state index is -3.30. The quantitative estimate of drug-likeness (QED) is 0.555. The second kappa shape index (κ2) is 10.0. The number of rotatable bonds is 7. The van der Waals surface area contributed by atoms with E-state index in [4.69, 9.17) is 4.74 Å². The van der Waals surface area contributed by atoms with Crippen molar-refractivity contribution >= 4 is 21.5 Å². The van der Waals surface area contributed by atoms with E-state index in [1.54, 1.807) is 6.33 Å². The van der Waals surface area contributed by atoms with Gasteiger partial charge in [0.15, 0.2) is 5.65 Å². The van der Waals surface area contributed by atoms with E-state index >= 15 is 0 Å². The first-order valence-electron chi connectivity index (χ1n) is 12.1. The topological polar surface area (TPSA) is 88.8 Å². The number of pyridine rings is 1. The Hall–Kier alpha value is -2.49. The summed E-state index contributed by atoms with van der Waals surface area (Å²) in [6, 6.07) is 16.5. The Kier molecular flexibility index (Phi) is 6.85. The van der Waals surface area contributed by atoms with E-state index in [0.29, 0.717) is 25.5 Å². The van der Waals surface area contributed by atoms with Gasteiger partial charge in [-0.2, -0.15) is 9.61 Å². The molecule has 0 bridgehead atoms. The van der Waals surface area contributed by atoms with Crippen LogP contribution >= 0.6 is 0 Å². The summed E-state index contributed by atoms with van der Waals surface area (Å²) in [6.07, 6.45) is 8.08. The van der Waals surface area contributed by atoms with Gasteiger partial charge in [0.05, 0.1) is 19.0 Å². The van der Waals surface area contributed by atoms with Crippen LogP contribution in [-0.4, -0.2) is 61.1 Å². The smallest absolute Gasteiger partial charge is 0.208 e. The SMILES string of the molecule is CS(=O)(=O)NC1CCN(c2cccc3ncnn23)C[C@H]1COC1CCC(c2ccccc2)CC1. The Labute approximate surface area is 201 Å². The van der Waals surface area contributed by atoms with Gasteiger partial charge in [0.25, 0.3) is 0 Å². The number of nitrogens with one attached hydrogen (secondary N) is 1. The number of anilines is 1. The van der Waals surface area contributed by atoms with Crippen LogP contribution in [0.3, 0.4) is 0 Å². The molecule has 2 aliphatic rings. The number of aromatic nitrogens is 3. The Morgan fingerprint density at radius 3 is 2.59 bits per heavy atom. The molecule has 2 aromatic heterocycles. The normalized spacial score (nSPS) is 26.1. The maximum Gasteiger partial charge on any atom is 0.208 e. The molecule has 2 fully saturated rings. The van der Waals surface area contributed by atoms with Crippen molar-refractivity contribution in [2.24, 2.45) is 5.92 Å². The molecule has 2 atom stereocenters. The second-order valence-corrected chi connectivity index (χ2v) is 11.4. The molecular weight excluding hydrogens is 450 g/mol. The van der Waals surface area contributed by atoms with Gasteiger partial charge in [-0.05, 0) is 55.7 Å². The number of hydrogen-bond donors (Lipinski definition) is 1. The van der Waals surface area contributed by atoms with Gasteiger partial charge in [-0.1, -0.05) is 36.4 Å². The molecule has 3 aromatic rings. The minimum absolute atomic E-state index is 0.0501. The molecule has 1 unspecified atom stereocenters. The molecule has 3 heterocycles. The Balaban J connectivity index is 1.24. The molecule has 8 nitrogen and oxygen atoms in total. The summed E-state index contributed by atoms with van der Waals surface area (Å²) >= 11 is 0. The monoisotopic (exact) mass is 483 g/mol. The molecule has 1 saturated heterocycles. The molecule has 1 aliphatic carbocycles. The lowest BCUT2D eigenvalue weighted by Gasteiger charge is -2.40. The molecule has 0 amide bonds. The van der Waals surface area contributed by atoms with Crippen molar-refractivity contribution in [3.63, 3.8) is 0 Å². The third-order valence-corrected chi connectivity index (χ3v) is 7.93. The van der Waals surface area contributed by atoms with Gasteiger partial charge in [-0.25, -0.2) is 18.1 Å². The van der Waals surface area contributed by atoms with Gasteiger partial charge >= 0.3 is 0 Å². The van der Waals surface area contributed by atoms with Crippen molar-refractivity contribution < 1.29 is 13.2 Å². The van der Waals surface area contributed by atoms with Gasteiger partial charge in [0, 0.05) is 25.0 Å². The first kappa shape index (κ1) is 23.3. The van der Waals surface area contributed by atoms with E-state index in [-0.39, 0.29) is 18.1 Å². The zero-order valence-electron chi connectivity index (χ0n) is 19.6. The maximum absolute atomic E-state index is 12.0. The number of sulfonamides is 1. The summed E-state index contributed by atoms with van der Waals surface area (Å²) in [5.74, 6) is 1.63. The number of piperidine rings is 1. The van der Waals surface area contributed by atoms with E-state index in [9.17, 15) is 8.42 Å². The van der Waals surface area contributed by atoms with Crippen LogP contribution in [0.2, 0.25) is 0 Å². The summed E-state index contributed by atoms with van der Waals surface area (Å²) in [7, 11) is -3.30. The number of hydrogen-bond acceptors (Lipinski definition) is 6. The average molecular weight is 484 g/mol. The zero-order valence-corrected chi connectivity index (χ0v) is 20.4. The minimum Gasteiger partial charge on any atom is -0.378 e. The lowest BCUT2D eigenvalue weighted by atomic mass is 9.82. The van der Waals surface area contributed by atoms with Crippen molar-refractivity contribution in [3.8, 4) is 0 Å². The van der Waals surface area contributed by atoms with Crippen LogP contribution < -0.4 is 9.62 Å². The number of ether oxygens (including phenoxy) is 1. The van der Waals surface area contributed by atoms with Gasteiger partial charge < -0.3 is 9.64 Å². The first-order valence-corrected chi connectivity index (χ1v) is 14.0. The highest BCUT2D eigenvalue weighted by Crippen LogP contribution is 2.34. The molecule has 9 heteroatoms. The van der Waals surface area contributed by atoms with Crippen LogP contribution in [0.1, 0.15) is 43.6 Å². The van der Waals surface area contributed by atoms with Gasteiger partial charge in [0.1, 0.15) is 12.1 Å². The number of benzene rings is 1. The van der Waals surface area contributed by atoms with Gasteiger partial charge in [0.2, 0.25) is 10.0 Å². The van der Waals surface area contributed by atoms with Crippen LogP contribution in [-0.2, 0) is 14.8 Å². The molecule has 0 radical (unpaired) electrons. The predicted octanol–water partition coefficient (Wildman–Crippen LogP) is 3.22. The van der Waals surface area contributed by atoms with E-state index < -0.39 is 10.0 Å². The Morgan fingerprint density at radius 1 is 1.03 bits per heavy atom. The highest BCUT2D eigenvalue weighted by molar-refractivity contribution is 7.88. The van der Waals surface area contributed by atoms with Crippen molar-refractivity contribution in [2.45, 2.75) is 50.2 Å². The first-order chi connectivity index (χ1) is 16.5. The maximum atomic E-state index is 12.0. The largest absolute Gasteiger partial charge is 0.378 e.